The van der Waals surface area contributed by atoms with E-state index in [1.54, 1.807) is 12.1 Å². The molecule has 118 valence electrons. The summed E-state index contributed by atoms with van der Waals surface area (Å²) < 4.78 is 13.9. The van der Waals surface area contributed by atoms with Gasteiger partial charge in [-0.25, -0.2) is 4.39 Å². The third-order valence-corrected chi connectivity index (χ3v) is 3.29. The van der Waals surface area contributed by atoms with Crippen LogP contribution in [0.1, 0.15) is 19.4 Å². The molecule has 0 aliphatic carbocycles. The lowest BCUT2D eigenvalue weighted by atomic mass is 9.84. The van der Waals surface area contributed by atoms with Gasteiger partial charge in [0.05, 0.1) is 6.54 Å². The van der Waals surface area contributed by atoms with Crippen molar-refractivity contribution in [1.82, 2.24) is 0 Å². The van der Waals surface area contributed by atoms with Gasteiger partial charge in [0.1, 0.15) is 5.82 Å². The summed E-state index contributed by atoms with van der Waals surface area (Å²) in [5, 5.41) is 3.01. The molecule has 0 bridgehead atoms. The van der Waals surface area contributed by atoms with Crippen LogP contribution in [-0.4, -0.2) is 12.5 Å². The van der Waals surface area contributed by atoms with Gasteiger partial charge in [-0.3, -0.25) is 4.99 Å². The second-order valence-corrected chi connectivity index (χ2v) is 5.56. The molecule has 0 amide bonds. The predicted octanol–water partition coefficient (Wildman–Crippen LogP) is 4.15. The first-order valence-corrected chi connectivity index (χ1v) is 6.86. The Morgan fingerprint density at radius 2 is 1.68 bits per heavy atom. The fourth-order valence-corrected chi connectivity index (χ4v) is 2.09. The van der Waals surface area contributed by atoms with Crippen LogP contribution in [0.3, 0.4) is 0 Å². The maximum atomic E-state index is 13.9. The minimum absolute atomic E-state index is 0. The van der Waals surface area contributed by atoms with Crippen LogP contribution in [0, 0.1) is 5.82 Å². The first kappa shape index (κ1) is 18.4. The number of aliphatic imine (C=N–C) groups is 1. The molecule has 3 N–H and O–H groups in total. The summed E-state index contributed by atoms with van der Waals surface area (Å²) in [5.41, 5.74) is 6.97. The number of nitrogens with two attached hydrogens (primary N) is 1. The normalized spacial score (nSPS) is 11.7. The predicted molar refractivity (Wildman–Crippen MR) is 101 cm³/mol. The fourth-order valence-electron chi connectivity index (χ4n) is 2.09. The molecule has 2 aromatic rings. The number of rotatable bonds is 4. The zero-order chi connectivity index (χ0) is 15.3. The summed E-state index contributed by atoms with van der Waals surface area (Å²) in [7, 11) is 0. The lowest BCUT2D eigenvalue weighted by molar-refractivity contribution is 0.494. The number of hydrogen-bond acceptors (Lipinski definition) is 1. The van der Waals surface area contributed by atoms with Crippen molar-refractivity contribution < 1.29 is 4.39 Å². The minimum Gasteiger partial charge on any atom is -0.370 e. The molecule has 5 heteroatoms. The van der Waals surface area contributed by atoms with E-state index in [2.05, 4.69) is 10.3 Å². The average Bonchev–Trinajstić information content (AvgIpc) is 2.47. The topological polar surface area (TPSA) is 50.4 Å². The van der Waals surface area contributed by atoms with Gasteiger partial charge >= 0.3 is 0 Å². The van der Waals surface area contributed by atoms with Crippen molar-refractivity contribution in [2.75, 3.05) is 11.9 Å². The van der Waals surface area contributed by atoms with Gasteiger partial charge in [-0.1, -0.05) is 50.2 Å². The van der Waals surface area contributed by atoms with Gasteiger partial charge in [-0.05, 0) is 23.8 Å². The molecule has 0 unspecified atom stereocenters. The maximum Gasteiger partial charge on any atom is 0.193 e. The summed E-state index contributed by atoms with van der Waals surface area (Å²) >= 11 is 0. The Morgan fingerprint density at radius 1 is 1.09 bits per heavy atom. The molecular weight excluding hydrogens is 392 g/mol. The molecule has 0 radical (unpaired) electrons. The van der Waals surface area contributed by atoms with Crippen molar-refractivity contribution in [2.24, 2.45) is 10.7 Å². The zero-order valence-electron chi connectivity index (χ0n) is 12.7. The molecule has 0 fully saturated rings. The molecule has 0 heterocycles. The number of benzene rings is 2. The van der Waals surface area contributed by atoms with E-state index in [0.29, 0.717) is 18.1 Å². The van der Waals surface area contributed by atoms with Gasteiger partial charge in [0, 0.05) is 11.1 Å². The number of guanidine groups is 1. The van der Waals surface area contributed by atoms with Gasteiger partial charge in [0.15, 0.2) is 5.96 Å². The summed E-state index contributed by atoms with van der Waals surface area (Å²) in [5.74, 6) is 0.109. The highest BCUT2D eigenvalue weighted by atomic mass is 127. The van der Waals surface area contributed by atoms with Gasteiger partial charge in [0.2, 0.25) is 0 Å². The third kappa shape index (κ3) is 4.98. The van der Waals surface area contributed by atoms with Gasteiger partial charge in [-0.15, -0.1) is 24.0 Å². The fraction of sp³-hybridized carbons (Fsp3) is 0.235. The van der Waals surface area contributed by atoms with Crippen LogP contribution in [0.15, 0.2) is 59.6 Å². The molecule has 0 aliphatic heterocycles. The maximum absolute atomic E-state index is 13.9. The second kappa shape index (κ2) is 8.12. The van der Waals surface area contributed by atoms with E-state index in [4.69, 9.17) is 5.73 Å². The summed E-state index contributed by atoms with van der Waals surface area (Å²) in [6, 6.07) is 16.3. The van der Waals surface area contributed by atoms with E-state index >= 15 is 0 Å². The van der Waals surface area contributed by atoms with Crippen LogP contribution in [-0.2, 0) is 5.41 Å². The number of nitrogens with zero attached hydrogens (tertiary/aromatic N) is 1. The molecule has 0 saturated heterocycles. The van der Waals surface area contributed by atoms with Crippen molar-refractivity contribution in [3.63, 3.8) is 0 Å². The van der Waals surface area contributed by atoms with E-state index < -0.39 is 5.41 Å². The molecule has 0 saturated carbocycles. The Kier molecular flexibility index (Phi) is 6.80. The van der Waals surface area contributed by atoms with Crippen LogP contribution < -0.4 is 11.1 Å². The SMILES string of the molecule is CC(C)(CN=C(N)Nc1ccccc1)c1ccccc1F.I. The molecule has 2 aromatic carbocycles. The second-order valence-electron chi connectivity index (χ2n) is 5.56. The highest BCUT2D eigenvalue weighted by Crippen LogP contribution is 2.25. The average molecular weight is 413 g/mol. The quantitative estimate of drug-likeness (QED) is 0.450. The van der Waals surface area contributed by atoms with Crippen LogP contribution in [0.4, 0.5) is 10.1 Å². The van der Waals surface area contributed by atoms with E-state index in [9.17, 15) is 4.39 Å². The standard InChI is InChI=1S/C17H20FN3.HI/c1-17(2,14-10-6-7-11-15(14)18)12-20-16(19)21-13-8-4-3-5-9-13;/h3-11H,12H2,1-2H3,(H3,19,20,21);1H. The van der Waals surface area contributed by atoms with Crippen LogP contribution in [0.25, 0.3) is 0 Å². The van der Waals surface area contributed by atoms with E-state index in [1.807, 2.05) is 50.2 Å². The smallest absolute Gasteiger partial charge is 0.193 e. The molecule has 0 aromatic heterocycles. The van der Waals surface area contributed by atoms with Crippen molar-refractivity contribution in [3.8, 4) is 0 Å². The number of halogens is 2. The van der Waals surface area contributed by atoms with Crippen molar-refractivity contribution in [2.45, 2.75) is 19.3 Å². The number of hydrogen-bond donors (Lipinski definition) is 2. The lowest BCUT2D eigenvalue weighted by Crippen LogP contribution is -2.28. The Labute approximate surface area is 147 Å². The highest BCUT2D eigenvalue weighted by molar-refractivity contribution is 14.0. The van der Waals surface area contributed by atoms with E-state index in [-0.39, 0.29) is 29.8 Å². The highest BCUT2D eigenvalue weighted by Gasteiger charge is 2.23. The molecule has 3 nitrogen and oxygen atoms in total. The Balaban J connectivity index is 0.00000242. The Morgan fingerprint density at radius 3 is 2.32 bits per heavy atom. The summed E-state index contributed by atoms with van der Waals surface area (Å²) in [6.45, 7) is 4.30. The van der Waals surface area contributed by atoms with Crippen LogP contribution in [0.5, 0.6) is 0 Å². The molecule has 22 heavy (non-hydrogen) atoms. The number of anilines is 1. The summed E-state index contributed by atoms with van der Waals surface area (Å²) in [4.78, 5) is 4.33. The largest absolute Gasteiger partial charge is 0.370 e. The van der Waals surface area contributed by atoms with E-state index in [1.165, 1.54) is 6.07 Å². The minimum atomic E-state index is -0.422. The molecule has 0 spiro atoms. The van der Waals surface area contributed by atoms with Crippen molar-refractivity contribution in [3.05, 3.63) is 66.0 Å². The Hall–Kier alpha value is -1.63. The zero-order valence-corrected chi connectivity index (χ0v) is 15.0. The van der Waals surface area contributed by atoms with Crippen LogP contribution in [0.2, 0.25) is 0 Å². The molecule has 0 aliphatic rings. The van der Waals surface area contributed by atoms with Gasteiger partial charge in [0.25, 0.3) is 0 Å². The molecular formula is C17H21FIN3. The van der Waals surface area contributed by atoms with Crippen molar-refractivity contribution in [1.29, 1.82) is 0 Å². The summed E-state index contributed by atoms with van der Waals surface area (Å²) in [6.07, 6.45) is 0. The molecule has 2 rings (SSSR count). The Bertz CT molecular complexity index is 627. The monoisotopic (exact) mass is 413 g/mol. The first-order chi connectivity index (χ1) is 9.99. The number of nitrogens with one attached hydrogen (secondary N) is 1. The first-order valence-electron chi connectivity index (χ1n) is 6.86. The molecule has 0 atom stereocenters. The third-order valence-electron chi connectivity index (χ3n) is 3.29. The lowest BCUT2D eigenvalue weighted by Gasteiger charge is -2.23. The van der Waals surface area contributed by atoms with Gasteiger partial charge in [-0.2, -0.15) is 0 Å². The van der Waals surface area contributed by atoms with Crippen molar-refractivity contribution >= 4 is 35.6 Å². The van der Waals surface area contributed by atoms with Gasteiger partial charge < -0.3 is 11.1 Å². The van der Waals surface area contributed by atoms with E-state index in [0.717, 1.165) is 5.69 Å². The number of para-hydroxylation sites is 1. The van der Waals surface area contributed by atoms with Crippen LogP contribution >= 0.6 is 24.0 Å².